The molecule has 0 spiro atoms. The molecule has 1 N–H and O–H groups in total. The number of allylic oxidation sites excluding steroid dienone is 1. The molecule has 5 aliphatic rings. The van der Waals surface area contributed by atoms with Crippen LogP contribution in [0.3, 0.4) is 0 Å². The molecule has 0 amide bonds. The molecule has 4 aliphatic carbocycles. The molecule has 3 heteroatoms. The first-order valence-corrected chi connectivity index (χ1v) is 11.7. The fraction of sp³-hybridized carbons (Fsp3) is 0.917. The lowest BCUT2D eigenvalue weighted by atomic mass is 9.48. The topological polar surface area (TPSA) is 38.7 Å². The van der Waals surface area contributed by atoms with Crippen LogP contribution in [0, 0.1) is 28.6 Å². The average molecular weight is 375 g/mol. The molecule has 0 aromatic carbocycles. The number of aliphatic hydroxyl groups is 1. The van der Waals surface area contributed by atoms with E-state index in [0.717, 1.165) is 43.6 Å². The Labute approximate surface area is 164 Å². The van der Waals surface area contributed by atoms with Gasteiger partial charge < -0.3 is 14.6 Å². The van der Waals surface area contributed by atoms with Gasteiger partial charge in [-0.25, -0.2) is 0 Å². The predicted octanol–water partition coefficient (Wildman–Crippen LogP) is 5.22. The number of hydrogen-bond donors (Lipinski definition) is 1. The van der Waals surface area contributed by atoms with Crippen molar-refractivity contribution in [3.05, 3.63) is 11.6 Å². The van der Waals surface area contributed by atoms with E-state index in [1.807, 2.05) is 0 Å². The van der Waals surface area contributed by atoms with Gasteiger partial charge in [0.15, 0.2) is 6.29 Å². The van der Waals surface area contributed by atoms with Crippen molar-refractivity contribution in [1.82, 2.24) is 0 Å². The second kappa shape index (κ2) is 6.85. The molecule has 3 nitrogen and oxygen atoms in total. The molecule has 1 saturated heterocycles. The van der Waals surface area contributed by atoms with E-state index in [9.17, 15) is 5.11 Å². The Kier molecular flexibility index (Phi) is 4.73. The lowest BCUT2D eigenvalue weighted by Gasteiger charge is -2.57. The zero-order valence-corrected chi connectivity index (χ0v) is 17.3. The van der Waals surface area contributed by atoms with Gasteiger partial charge in [-0.15, -0.1) is 0 Å². The fourth-order valence-electron chi connectivity index (χ4n) is 7.75. The second-order valence-corrected chi connectivity index (χ2v) is 10.7. The van der Waals surface area contributed by atoms with Crippen molar-refractivity contribution in [2.45, 2.75) is 103 Å². The molecule has 0 aromatic heterocycles. The lowest BCUT2D eigenvalue weighted by Crippen LogP contribution is -2.51. The Balaban J connectivity index is 1.32. The van der Waals surface area contributed by atoms with E-state index in [4.69, 9.17) is 9.47 Å². The van der Waals surface area contributed by atoms with Crippen LogP contribution >= 0.6 is 0 Å². The molecule has 3 saturated carbocycles. The van der Waals surface area contributed by atoms with Crippen molar-refractivity contribution in [1.29, 1.82) is 0 Å². The zero-order valence-electron chi connectivity index (χ0n) is 17.3. The molecule has 1 heterocycles. The third kappa shape index (κ3) is 2.95. The number of fused-ring (bicyclic) bond motifs is 5. The normalized spacial score (nSPS) is 52.5. The van der Waals surface area contributed by atoms with Gasteiger partial charge in [-0.2, -0.15) is 0 Å². The third-order valence-corrected chi connectivity index (χ3v) is 9.49. The molecule has 0 bridgehead atoms. The Morgan fingerprint density at radius 2 is 1.93 bits per heavy atom. The molecular weight excluding hydrogens is 336 g/mol. The van der Waals surface area contributed by atoms with Crippen LogP contribution < -0.4 is 0 Å². The molecule has 8 unspecified atom stereocenters. The van der Waals surface area contributed by atoms with Crippen molar-refractivity contribution in [2.75, 3.05) is 6.61 Å². The monoisotopic (exact) mass is 374 g/mol. The van der Waals surface area contributed by atoms with Crippen molar-refractivity contribution < 1.29 is 14.6 Å². The largest absolute Gasteiger partial charge is 0.393 e. The Morgan fingerprint density at radius 3 is 2.74 bits per heavy atom. The predicted molar refractivity (Wildman–Crippen MR) is 106 cm³/mol. The lowest BCUT2D eigenvalue weighted by molar-refractivity contribution is -0.195. The van der Waals surface area contributed by atoms with Crippen LogP contribution in [0.4, 0.5) is 0 Å². The van der Waals surface area contributed by atoms with Crippen LogP contribution in [0.2, 0.25) is 0 Å². The minimum Gasteiger partial charge on any atom is -0.393 e. The summed E-state index contributed by atoms with van der Waals surface area (Å²) in [6, 6.07) is 0. The highest BCUT2D eigenvalue weighted by atomic mass is 16.7. The van der Waals surface area contributed by atoms with E-state index in [0.29, 0.717) is 11.5 Å². The van der Waals surface area contributed by atoms with Crippen molar-refractivity contribution in [3.8, 4) is 0 Å². The maximum Gasteiger partial charge on any atom is 0.157 e. The maximum absolute atomic E-state index is 10.6. The van der Waals surface area contributed by atoms with Gasteiger partial charge in [0, 0.05) is 6.61 Å². The molecule has 152 valence electrons. The van der Waals surface area contributed by atoms with Crippen LogP contribution in [-0.2, 0) is 9.47 Å². The summed E-state index contributed by atoms with van der Waals surface area (Å²) in [4.78, 5) is 0. The molecule has 0 aromatic rings. The van der Waals surface area contributed by atoms with Crippen molar-refractivity contribution >= 4 is 0 Å². The summed E-state index contributed by atoms with van der Waals surface area (Å²) in [7, 11) is 0. The number of rotatable bonds is 2. The first-order valence-electron chi connectivity index (χ1n) is 11.7. The zero-order chi connectivity index (χ0) is 18.6. The first-order chi connectivity index (χ1) is 13.0. The highest BCUT2D eigenvalue weighted by Gasteiger charge is 2.58. The molecule has 5 rings (SSSR count). The van der Waals surface area contributed by atoms with E-state index in [-0.39, 0.29) is 17.8 Å². The first kappa shape index (κ1) is 18.6. The van der Waals surface area contributed by atoms with E-state index >= 15 is 0 Å². The minimum atomic E-state index is -0.0683. The molecule has 27 heavy (non-hydrogen) atoms. The summed E-state index contributed by atoms with van der Waals surface area (Å²) in [5, 5.41) is 10.6. The summed E-state index contributed by atoms with van der Waals surface area (Å²) in [6.07, 6.45) is 16.0. The summed E-state index contributed by atoms with van der Waals surface area (Å²) in [5.41, 5.74) is 2.23. The average Bonchev–Trinajstić information content (AvgIpc) is 2.98. The van der Waals surface area contributed by atoms with Crippen LogP contribution in [0.15, 0.2) is 11.6 Å². The summed E-state index contributed by atoms with van der Waals surface area (Å²) in [5.74, 6) is 2.33. The molecule has 8 atom stereocenters. The smallest absolute Gasteiger partial charge is 0.157 e. The number of ether oxygens (including phenoxy) is 2. The quantitative estimate of drug-likeness (QED) is 0.673. The van der Waals surface area contributed by atoms with Crippen LogP contribution in [0.1, 0.15) is 84.5 Å². The van der Waals surface area contributed by atoms with E-state index in [1.54, 1.807) is 5.57 Å². The molecular formula is C24H38O3. The number of hydrogen-bond acceptors (Lipinski definition) is 3. The standard InChI is InChI=1S/C24H38O3/c1-23-12-10-17(27-22-5-3-4-14-26-22)15-16(23)6-7-18-19-8-9-21(25)24(19,2)13-11-20(18)23/h6,17-22,25H,3-5,7-15H2,1-2H3. The van der Waals surface area contributed by atoms with Gasteiger partial charge in [0.05, 0.1) is 12.2 Å². The second-order valence-electron chi connectivity index (χ2n) is 10.7. The van der Waals surface area contributed by atoms with Crippen molar-refractivity contribution in [2.24, 2.45) is 28.6 Å². The summed E-state index contributed by atoms with van der Waals surface area (Å²) >= 11 is 0. The van der Waals surface area contributed by atoms with Gasteiger partial charge in [0.1, 0.15) is 0 Å². The Hall–Kier alpha value is -0.380. The SMILES string of the molecule is CC12CCC(OC3CCCCO3)CC1=CCC1C2CCC2(C)C(O)CCC12. The van der Waals surface area contributed by atoms with Crippen LogP contribution in [-0.4, -0.2) is 30.2 Å². The van der Waals surface area contributed by atoms with Gasteiger partial charge >= 0.3 is 0 Å². The molecule has 1 aliphatic heterocycles. The third-order valence-electron chi connectivity index (χ3n) is 9.49. The fourth-order valence-corrected chi connectivity index (χ4v) is 7.75. The van der Waals surface area contributed by atoms with Crippen LogP contribution in [0.5, 0.6) is 0 Å². The van der Waals surface area contributed by atoms with Gasteiger partial charge in [0.25, 0.3) is 0 Å². The van der Waals surface area contributed by atoms with E-state index < -0.39 is 0 Å². The van der Waals surface area contributed by atoms with Crippen molar-refractivity contribution in [3.63, 3.8) is 0 Å². The maximum atomic E-state index is 10.6. The summed E-state index contributed by atoms with van der Waals surface area (Å²) < 4.78 is 12.2. The molecule has 4 fully saturated rings. The highest BCUT2D eigenvalue weighted by Crippen LogP contribution is 2.64. The summed E-state index contributed by atoms with van der Waals surface area (Å²) in [6.45, 7) is 5.80. The Bertz CT molecular complexity index is 594. The van der Waals surface area contributed by atoms with Gasteiger partial charge in [-0.3, -0.25) is 0 Å². The number of aliphatic hydroxyl groups excluding tert-OH is 1. The van der Waals surface area contributed by atoms with E-state index in [1.165, 1.54) is 51.4 Å². The van der Waals surface area contributed by atoms with Crippen LogP contribution in [0.25, 0.3) is 0 Å². The van der Waals surface area contributed by atoms with Gasteiger partial charge in [-0.05, 0) is 99.2 Å². The Morgan fingerprint density at radius 1 is 1.04 bits per heavy atom. The van der Waals surface area contributed by atoms with Gasteiger partial charge in [-0.1, -0.05) is 25.5 Å². The van der Waals surface area contributed by atoms with Gasteiger partial charge in [0.2, 0.25) is 0 Å². The minimum absolute atomic E-state index is 0.0420. The highest BCUT2D eigenvalue weighted by molar-refractivity contribution is 5.25. The molecule has 0 radical (unpaired) electrons. The van der Waals surface area contributed by atoms with E-state index in [2.05, 4.69) is 19.9 Å².